The number of nitrogens with two attached hydrogens (primary N) is 1. The highest BCUT2D eigenvalue weighted by Gasteiger charge is 2.50. The zero-order valence-electron chi connectivity index (χ0n) is 15.1. The molecule has 24 heavy (non-hydrogen) atoms. The Kier molecular flexibility index (Phi) is 4.94. The Labute approximate surface area is 147 Å². The van der Waals surface area contributed by atoms with E-state index < -0.39 is 0 Å². The molecule has 4 saturated carbocycles. The number of pyridine rings is 1. The fourth-order valence-corrected chi connectivity index (χ4v) is 6.70. The van der Waals surface area contributed by atoms with Gasteiger partial charge in [-0.1, -0.05) is 0 Å². The van der Waals surface area contributed by atoms with Gasteiger partial charge in [0.2, 0.25) is 0 Å². The van der Waals surface area contributed by atoms with Gasteiger partial charge in [0.15, 0.2) is 0 Å². The lowest BCUT2D eigenvalue weighted by atomic mass is 9.48. The van der Waals surface area contributed by atoms with E-state index in [0.717, 1.165) is 35.6 Å². The second-order valence-electron chi connectivity index (χ2n) is 9.29. The minimum atomic E-state index is 0.734. The minimum Gasteiger partial charge on any atom is -0.330 e. The summed E-state index contributed by atoms with van der Waals surface area (Å²) in [6, 6.07) is 4.33. The molecule has 1 unspecified atom stereocenters. The van der Waals surface area contributed by atoms with Crippen LogP contribution in [0.1, 0.15) is 69.8 Å². The van der Waals surface area contributed by atoms with Crippen LogP contribution in [0.5, 0.6) is 0 Å². The van der Waals surface area contributed by atoms with Gasteiger partial charge >= 0.3 is 0 Å². The molecule has 2 heteroatoms. The molecule has 4 fully saturated rings. The molecule has 132 valence electrons. The molecule has 1 atom stereocenters. The fraction of sp³-hybridized carbons (Fsp3) is 0.773. The molecule has 0 aliphatic heterocycles. The number of aryl methyl sites for hydroxylation is 1. The summed E-state index contributed by atoms with van der Waals surface area (Å²) in [5, 5.41) is 0. The second kappa shape index (κ2) is 7.15. The van der Waals surface area contributed by atoms with Crippen molar-refractivity contribution < 1.29 is 0 Å². The van der Waals surface area contributed by atoms with Crippen molar-refractivity contribution >= 4 is 0 Å². The van der Waals surface area contributed by atoms with Gasteiger partial charge in [-0.2, -0.15) is 0 Å². The Morgan fingerprint density at radius 2 is 1.58 bits per heavy atom. The van der Waals surface area contributed by atoms with Crippen molar-refractivity contribution in [1.29, 1.82) is 0 Å². The van der Waals surface area contributed by atoms with Crippen LogP contribution >= 0.6 is 0 Å². The molecule has 1 aromatic rings. The van der Waals surface area contributed by atoms with Crippen molar-refractivity contribution in [2.24, 2.45) is 34.8 Å². The first-order valence-corrected chi connectivity index (χ1v) is 10.3. The number of aromatic nitrogens is 1. The van der Waals surface area contributed by atoms with Crippen molar-refractivity contribution in [1.82, 2.24) is 4.98 Å². The number of hydrogen-bond acceptors (Lipinski definition) is 2. The van der Waals surface area contributed by atoms with Crippen LogP contribution in [0, 0.1) is 29.1 Å². The van der Waals surface area contributed by atoms with Gasteiger partial charge in [0.05, 0.1) is 0 Å². The van der Waals surface area contributed by atoms with Gasteiger partial charge in [0.25, 0.3) is 0 Å². The summed E-state index contributed by atoms with van der Waals surface area (Å²) in [5.74, 6) is 4.07. The summed E-state index contributed by atoms with van der Waals surface area (Å²) >= 11 is 0. The molecular weight excluding hydrogens is 292 g/mol. The lowest BCUT2D eigenvalue weighted by Gasteiger charge is -2.57. The predicted molar refractivity (Wildman–Crippen MR) is 99.6 cm³/mol. The van der Waals surface area contributed by atoms with E-state index in [2.05, 4.69) is 17.1 Å². The smallest absolute Gasteiger partial charge is 0.0270 e. The first-order valence-electron chi connectivity index (χ1n) is 10.3. The SMILES string of the molecule is NCCC(CCc1ccncc1)CCC12CC3CC(CC(C3)C1)C2. The third-order valence-electron chi connectivity index (χ3n) is 7.41. The van der Waals surface area contributed by atoms with E-state index in [1.807, 2.05) is 12.4 Å². The van der Waals surface area contributed by atoms with Crippen LogP contribution < -0.4 is 5.73 Å². The number of hydrogen-bond donors (Lipinski definition) is 1. The number of nitrogens with zero attached hydrogens (tertiary/aromatic N) is 1. The van der Waals surface area contributed by atoms with Crippen molar-refractivity contribution in [3.63, 3.8) is 0 Å². The largest absolute Gasteiger partial charge is 0.330 e. The molecule has 4 aliphatic carbocycles. The van der Waals surface area contributed by atoms with Crippen LogP contribution in [-0.2, 0) is 6.42 Å². The molecule has 0 amide bonds. The maximum Gasteiger partial charge on any atom is 0.0270 e. The molecular formula is C22H34N2. The highest BCUT2D eigenvalue weighted by Crippen LogP contribution is 2.61. The second-order valence-corrected chi connectivity index (χ2v) is 9.29. The highest BCUT2D eigenvalue weighted by atomic mass is 14.6. The molecule has 0 radical (unpaired) electrons. The molecule has 5 rings (SSSR count). The standard InChI is InChI=1S/C22H34N2/c23-8-4-17(1-2-18-5-9-24-10-6-18)3-7-22-14-19-11-20(15-22)13-21(12-19)16-22/h5-6,9-10,17,19-21H,1-4,7-8,11-16,23H2. The van der Waals surface area contributed by atoms with E-state index in [1.54, 1.807) is 38.5 Å². The maximum atomic E-state index is 5.92. The summed E-state index contributed by atoms with van der Waals surface area (Å²) in [6.45, 7) is 0.849. The molecule has 0 aromatic carbocycles. The third-order valence-corrected chi connectivity index (χ3v) is 7.41. The van der Waals surface area contributed by atoms with Crippen molar-refractivity contribution in [3.05, 3.63) is 30.1 Å². The van der Waals surface area contributed by atoms with Crippen molar-refractivity contribution in [3.8, 4) is 0 Å². The van der Waals surface area contributed by atoms with Gasteiger partial charge < -0.3 is 5.73 Å². The quantitative estimate of drug-likeness (QED) is 0.732. The van der Waals surface area contributed by atoms with Gasteiger partial charge in [-0.25, -0.2) is 0 Å². The van der Waals surface area contributed by atoms with E-state index in [0.29, 0.717) is 0 Å². The summed E-state index contributed by atoms with van der Waals surface area (Å²) < 4.78 is 0. The average molecular weight is 327 g/mol. The van der Waals surface area contributed by atoms with Gasteiger partial charge in [0, 0.05) is 12.4 Å². The third kappa shape index (κ3) is 3.69. The van der Waals surface area contributed by atoms with Crippen molar-refractivity contribution in [2.75, 3.05) is 6.54 Å². The van der Waals surface area contributed by atoms with Crippen LogP contribution in [-0.4, -0.2) is 11.5 Å². The van der Waals surface area contributed by atoms with Crippen LogP contribution in [0.4, 0.5) is 0 Å². The average Bonchev–Trinajstić information content (AvgIpc) is 2.57. The Balaban J connectivity index is 1.32. The zero-order valence-corrected chi connectivity index (χ0v) is 15.1. The Morgan fingerprint density at radius 1 is 0.958 bits per heavy atom. The normalized spacial score (nSPS) is 35.3. The van der Waals surface area contributed by atoms with E-state index in [9.17, 15) is 0 Å². The van der Waals surface area contributed by atoms with Crippen LogP contribution in [0.25, 0.3) is 0 Å². The minimum absolute atomic E-state index is 0.734. The summed E-state index contributed by atoms with van der Waals surface area (Å²) in [6.07, 6.45) is 19.8. The molecule has 4 bridgehead atoms. The Morgan fingerprint density at radius 3 is 2.17 bits per heavy atom. The predicted octanol–water partition coefficient (Wildman–Crippen LogP) is 4.98. The summed E-state index contributed by atoms with van der Waals surface area (Å²) in [7, 11) is 0. The van der Waals surface area contributed by atoms with Crippen molar-refractivity contribution in [2.45, 2.75) is 70.6 Å². The highest BCUT2D eigenvalue weighted by molar-refractivity contribution is 5.09. The van der Waals surface area contributed by atoms with Gasteiger partial charge in [-0.05, 0) is 124 Å². The lowest BCUT2D eigenvalue weighted by Crippen LogP contribution is -2.46. The summed E-state index contributed by atoms with van der Waals surface area (Å²) in [5.41, 5.74) is 8.09. The molecule has 2 N–H and O–H groups in total. The molecule has 0 saturated heterocycles. The number of rotatable bonds is 8. The molecule has 1 aromatic heterocycles. The lowest BCUT2D eigenvalue weighted by molar-refractivity contribution is -0.0602. The summed E-state index contributed by atoms with van der Waals surface area (Å²) in [4.78, 5) is 4.13. The Hall–Kier alpha value is -0.890. The van der Waals surface area contributed by atoms with Gasteiger partial charge in [-0.3, -0.25) is 4.98 Å². The van der Waals surface area contributed by atoms with E-state index in [-0.39, 0.29) is 0 Å². The van der Waals surface area contributed by atoms with E-state index in [4.69, 9.17) is 5.73 Å². The Bertz CT molecular complexity index is 489. The molecule has 2 nitrogen and oxygen atoms in total. The van der Waals surface area contributed by atoms with Crippen LogP contribution in [0.2, 0.25) is 0 Å². The van der Waals surface area contributed by atoms with Gasteiger partial charge in [0.1, 0.15) is 0 Å². The van der Waals surface area contributed by atoms with Gasteiger partial charge in [-0.15, -0.1) is 0 Å². The maximum absolute atomic E-state index is 5.92. The first kappa shape index (κ1) is 16.6. The fourth-order valence-electron chi connectivity index (χ4n) is 6.70. The molecule has 4 aliphatic rings. The van der Waals surface area contributed by atoms with Crippen LogP contribution in [0.15, 0.2) is 24.5 Å². The monoisotopic (exact) mass is 326 g/mol. The first-order chi connectivity index (χ1) is 11.7. The molecule has 0 spiro atoms. The zero-order chi connectivity index (χ0) is 16.4. The van der Waals surface area contributed by atoms with E-state index >= 15 is 0 Å². The topological polar surface area (TPSA) is 38.9 Å². The molecule has 1 heterocycles. The van der Waals surface area contributed by atoms with Crippen LogP contribution in [0.3, 0.4) is 0 Å². The van der Waals surface area contributed by atoms with E-state index in [1.165, 1.54) is 37.7 Å².